The Hall–Kier alpha value is -7.23. The molecule has 11 rings (SSSR count). The van der Waals surface area contributed by atoms with Crippen LogP contribution in [0.4, 0.5) is 17.1 Å². The number of hydrogen-bond donors (Lipinski definition) is 0. The Morgan fingerprint density at radius 3 is 1.70 bits per heavy atom. The van der Waals surface area contributed by atoms with Gasteiger partial charge in [0, 0.05) is 45.6 Å². The van der Waals surface area contributed by atoms with Crippen molar-refractivity contribution in [2.24, 2.45) is 0 Å². The van der Waals surface area contributed by atoms with E-state index in [0.717, 1.165) is 49.8 Å². The van der Waals surface area contributed by atoms with Crippen molar-refractivity contribution < 1.29 is 4.42 Å². The Labute approximate surface area is 312 Å². The number of fused-ring (bicyclic) bond motifs is 8. The number of furan rings is 1. The molecule has 0 aliphatic carbocycles. The molecule has 11 aromatic rings. The summed E-state index contributed by atoms with van der Waals surface area (Å²) in [7, 11) is 0. The molecule has 0 fully saturated rings. The van der Waals surface area contributed by atoms with Gasteiger partial charge >= 0.3 is 0 Å². The summed E-state index contributed by atoms with van der Waals surface area (Å²) in [5.74, 6) is 0. The summed E-state index contributed by atoms with van der Waals surface area (Å²) in [6.07, 6.45) is 3.73. The second-order valence-corrected chi connectivity index (χ2v) is 14.1. The molecule has 3 heteroatoms. The molecule has 0 spiro atoms. The lowest BCUT2D eigenvalue weighted by Crippen LogP contribution is -2.09. The summed E-state index contributed by atoms with van der Waals surface area (Å²) >= 11 is 0. The normalized spacial score (nSPS) is 11.7. The molecule has 3 nitrogen and oxygen atoms in total. The van der Waals surface area contributed by atoms with Crippen LogP contribution >= 0.6 is 0 Å². The number of hydrogen-bond acceptors (Lipinski definition) is 3. The van der Waals surface area contributed by atoms with Gasteiger partial charge in [-0.15, -0.1) is 0 Å². The van der Waals surface area contributed by atoms with Crippen LogP contribution in [-0.2, 0) is 0 Å². The van der Waals surface area contributed by atoms with E-state index < -0.39 is 0 Å². The molecule has 9 aromatic carbocycles. The summed E-state index contributed by atoms with van der Waals surface area (Å²) in [6, 6.07) is 65.8. The Morgan fingerprint density at radius 1 is 0.333 bits per heavy atom. The standard InChI is InChI=1S/C51H32N2O/c1-2-7-37-27-38(11-9-33(37)5-1)34-13-18-43(19-14-34)53(45-22-24-50-49(31-45)48-29-40-25-26-52-32-42(40)30-51(48)54-50)44-20-15-35(16-21-44)39-17-23-47-41(28-39)12-10-36-6-3-4-8-46(36)47/h1-32H. The fraction of sp³-hybridized carbons (Fsp3) is 0. The van der Waals surface area contributed by atoms with E-state index in [1.165, 1.54) is 54.6 Å². The molecule has 0 unspecified atom stereocenters. The fourth-order valence-corrected chi connectivity index (χ4v) is 8.10. The van der Waals surface area contributed by atoms with Crippen molar-refractivity contribution in [3.05, 3.63) is 194 Å². The second kappa shape index (κ2) is 12.2. The lowest BCUT2D eigenvalue weighted by molar-refractivity contribution is 0.669. The SMILES string of the molecule is c1ccc2cc(-c3ccc(N(c4ccc(-c5ccc6c(ccc7ccccc76)c5)cc4)c4ccc5oc6cc7cnccc7cc6c5c4)cc3)ccc2c1. The second-order valence-electron chi connectivity index (χ2n) is 14.1. The quantitative estimate of drug-likeness (QED) is 0.169. The summed E-state index contributed by atoms with van der Waals surface area (Å²) in [6.45, 7) is 0. The highest BCUT2D eigenvalue weighted by atomic mass is 16.3. The highest BCUT2D eigenvalue weighted by molar-refractivity contribution is 6.11. The van der Waals surface area contributed by atoms with E-state index in [1.54, 1.807) is 0 Å². The molecule has 0 aliphatic heterocycles. The molecule has 0 saturated carbocycles. The van der Waals surface area contributed by atoms with E-state index in [9.17, 15) is 0 Å². The van der Waals surface area contributed by atoms with Gasteiger partial charge in [0.1, 0.15) is 11.2 Å². The maximum atomic E-state index is 6.37. The Balaban J connectivity index is 1.02. The topological polar surface area (TPSA) is 29.3 Å². The van der Waals surface area contributed by atoms with Gasteiger partial charge in [0.2, 0.25) is 0 Å². The molecule has 2 heterocycles. The first-order valence-electron chi connectivity index (χ1n) is 18.3. The molecule has 0 amide bonds. The van der Waals surface area contributed by atoms with Crippen molar-refractivity contribution >= 4 is 82.1 Å². The number of pyridine rings is 1. The summed E-state index contributed by atoms with van der Waals surface area (Å²) in [4.78, 5) is 6.66. The Bertz CT molecular complexity index is 3210. The van der Waals surface area contributed by atoms with Crippen molar-refractivity contribution in [3.63, 3.8) is 0 Å². The predicted molar refractivity (Wildman–Crippen MR) is 227 cm³/mol. The summed E-state index contributed by atoms with van der Waals surface area (Å²) < 4.78 is 6.37. The van der Waals surface area contributed by atoms with Gasteiger partial charge in [-0.25, -0.2) is 0 Å². The smallest absolute Gasteiger partial charge is 0.136 e. The van der Waals surface area contributed by atoms with E-state index in [1.807, 2.05) is 12.4 Å². The van der Waals surface area contributed by atoms with E-state index >= 15 is 0 Å². The van der Waals surface area contributed by atoms with Gasteiger partial charge < -0.3 is 9.32 Å². The highest BCUT2D eigenvalue weighted by Gasteiger charge is 2.17. The third-order valence-electron chi connectivity index (χ3n) is 10.9. The van der Waals surface area contributed by atoms with E-state index in [-0.39, 0.29) is 0 Å². The molecule has 0 saturated heterocycles. The molecule has 0 aliphatic rings. The minimum absolute atomic E-state index is 0.863. The van der Waals surface area contributed by atoms with Gasteiger partial charge in [0.05, 0.1) is 0 Å². The zero-order valence-corrected chi connectivity index (χ0v) is 29.3. The monoisotopic (exact) mass is 688 g/mol. The van der Waals surface area contributed by atoms with Crippen molar-refractivity contribution in [2.45, 2.75) is 0 Å². The van der Waals surface area contributed by atoms with Gasteiger partial charge in [-0.3, -0.25) is 4.98 Å². The Kier molecular flexibility index (Phi) is 6.86. The molecule has 0 bridgehead atoms. The van der Waals surface area contributed by atoms with Crippen LogP contribution < -0.4 is 4.90 Å². The largest absolute Gasteiger partial charge is 0.456 e. The van der Waals surface area contributed by atoms with Crippen LogP contribution in [0, 0.1) is 0 Å². The lowest BCUT2D eigenvalue weighted by atomic mass is 9.97. The minimum Gasteiger partial charge on any atom is -0.456 e. The van der Waals surface area contributed by atoms with Crippen LogP contribution in [0.2, 0.25) is 0 Å². The van der Waals surface area contributed by atoms with E-state index in [2.05, 4.69) is 192 Å². The minimum atomic E-state index is 0.863. The van der Waals surface area contributed by atoms with Crippen molar-refractivity contribution in [3.8, 4) is 22.3 Å². The number of nitrogens with zero attached hydrogens (tertiary/aromatic N) is 2. The summed E-state index contributed by atoms with van der Waals surface area (Å²) in [5.41, 5.74) is 9.70. The lowest BCUT2D eigenvalue weighted by Gasteiger charge is -2.26. The van der Waals surface area contributed by atoms with E-state index in [4.69, 9.17) is 4.42 Å². The number of rotatable bonds is 5. The molecule has 0 atom stereocenters. The predicted octanol–water partition coefficient (Wildman–Crippen LogP) is 14.4. The van der Waals surface area contributed by atoms with E-state index in [0.29, 0.717) is 0 Å². The van der Waals surface area contributed by atoms with Crippen LogP contribution in [0.25, 0.3) is 87.3 Å². The maximum Gasteiger partial charge on any atom is 0.136 e. The van der Waals surface area contributed by atoms with Gasteiger partial charge in [0.15, 0.2) is 0 Å². The van der Waals surface area contributed by atoms with Gasteiger partial charge in [-0.1, -0.05) is 109 Å². The molecule has 0 N–H and O–H groups in total. The van der Waals surface area contributed by atoms with Crippen molar-refractivity contribution in [2.75, 3.05) is 4.90 Å². The number of benzene rings is 9. The van der Waals surface area contributed by atoms with Gasteiger partial charge in [-0.2, -0.15) is 0 Å². The molecule has 54 heavy (non-hydrogen) atoms. The fourth-order valence-electron chi connectivity index (χ4n) is 8.10. The molecule has 2 aromatic heterocycles. The third-order valence-corrected chi connectivity index (χ3v) is 10.9. The number of aromatic nitrogens is 1. The third kappa shape index (κ3) is 5.09. The van der Waals surface area contributed by atoms with Crippen molar-refractivity contribution in [1.82, 2.24) is 4.98 Å². The molecular formula is C51H32N2O. The first-order chi connectivity index (χ1) is 26.7. The van der Waals surface area contributed by atoms with Crippen LogP contribution in [0.5, 0.6) is 0 Å². The highest BCUT2D eigenvalue weighted by Crippen LogP contribution is 2.41. The Morgan fingerprint density at radius 2 is 0.907 bits per heavy atom. The average Bonchev–Trinajstić information content (AvgIpc) is 3.59. The van der Waals surface area contributed by atoms with Crippen LogP contribution in [0.15, 0.2) is 199 Å². The van der Waals surface area contributed by atoms with Crippen LogP contribution in [0.1, 0.15) is 0 Å². The first kappa shape index (κ1) is 30.4. The van der Waals surface area contributed by atoms with Crippen molar-refractivity contribution in [1.29, 1.82) is 0 Å². The maximum absolute atomic E-state index is 6.37. The van der Waals surface area contributed by atoms with Gasteiger partial charge in [0.25, 0.3) is 0 Å². The average molecular weight is 689 g/mol. The van der Waals surface area contributed by atoms with Gasteiger partial charge in [-0.05, 0) is 133 Å². The zero-order valence-electron chi connectivity index (χ0n) is 29.3. The molecule has 252 valence electrons. The molecule has 0 radical (unpaired) electrons. The zero-order chi connectivity index (χ0) is 35.6. The molecular weight excluding hydrogens is 657 g/mol. The van der Waals surface area contributed by atoms with Crippen LogP contribution in [-0.4, -0.2) is 4.98 Å². The number of anilines is 3. The first-order valence-corrected chi connectivity index (χ1v) is 18.3. The summed E-state index contributed by atoms with van der Waals surface area (Å²) in [5, 5.41) is 11.9. The van der Waals surface area contributed by atoms with Crippen LogP contribution in [0.3, 0.4) is 0 Å².